The van der Waals surface area contributed by atoms with Crippen LogP contribution in [0.5, 0.6) is 0 Å². The molecule has 8 aromatic carbocycles. The van der Waals surface area contributed by atoms with Crippen molar-refractivity contribution in [3.63, 3.8) is 0 Å². The second kappa shape index (κ2) is 27.9. The first-order chi connectivity index (χ1) is 34.6. The van der Waals surface area contributed by atoms with Crippen LogP contribution in [0.25, 0.3) is 16.5 Å². The molecule has 1 heterocycles. The van der Waals surface area contributed by atoms with Crippen LogP contribution in [0.3, 0.4) is 0 Å². The van der Waals surface area contributed by atoms with Crippen LogP contribution in [0, 0.1) is 6.92 Å². The van der Waals surface area contributed by atoms with Crippen molar-refractivity contribution in [1.29, 1.82) is 0 Å². The molecular formula is C63H62N4O5. The average molecular weight is 955 g/mol. The molecule has 9 nitrogen and oxygen atoms in total. The second-order valence-corrected chi connectivity index (χ2v) is 17.6. The van der Waals surface area contributed by atoms with Crippen molar-refractivity contribution in [2.75, 3.05) is 11.5 Å². The molecule has 1 aromatic heterocycles. The van der Waals surface area contributed by atoms with Gasteiger partial charge in [0.25, 0.3) is 5.56 Å². The summed E-state index contributed by atoms with van der Waals surface area (Å²) in [6.07, 6.45) is 0.500. The van der Waals surface area contributed by atoms with E-state index in [1.807, 2.05) is 140 Å². The van der Waals surface area contributed by atoms with Crippen LogP contribution in [0.15, 0.2) is 236 Å². The lowest BCUT2D eigenvalue weighted by Crippen LogP contribution is -2.30. The van der Waals surface area contributed by atoms with E-state index in [0.717, 1.165) is 39.2 Å². The van der Waals surface area contributed by atoms with Gasteiger partial charge in [0.1, 0.15) is 5.82 Å². The van der Waals surface area contributed by atoms with Crippen molar-refractivity contribution in [3.8, 4) is 0 Å². The van der Waals surface area contributed by atoms with Crippen LogP contribution < -0.4 is 17.0 Å². The summed E-state index contributed by atoms with van der Waals surface area (Å²) in [5, 5.41) is 0.643. The Morgan fingerprint density at radius 3 is 1.21 bits per heavy atom. The molecule has 9 aromatic rings. The minimum atomic E-state index is -0.252. The third kappa shape index (κ3) is 15.8. The van der Waals surface area contributed by atoms with Crippen LogP contribution in [0.2, 0.25) is 0 Å². The predicted molar refractivity (Wildman–Crippen MR) is 291 cm³/mol. The summed E-state index contributed by atoms with van der Waals surface area (Å²) in [7, 11) is 0. The van der Waals surface area contributed by atoms with Gasteiger partial charge < -0.3 is 11.5 Å². The monoisotopic (exact) mass is 954 g/mol. The number of para-hydroxylation sites is 1. The summed E-state index contributed by atoms with van der Waals surface area (Å²) in [5.41, 5.74) is 22.6. The quantitative estimate of drug-likeness (QED) is 0.143. The highest BCUT2D eigenvalue weighted by Gasteiger charge is 2.26. The van der Waals surface area contributed by atoms with Crippen LogP contribution in [0.4, 0.5) is 11.4 Å². The fourth-order valence-electron chi connectivity index (χ4n) is 7.88. The first-order valence-corrected chi connectivity index (χ1v) is 23.2. The van der Waals surface area contributed by atoms with Gasteiger partial charge in [-0.1, -0.05) is 228 Å². The highest BCUT2D eigenvalue weighted by atomic mass is 16.2. The molecule has 9 heteroatoms. The summed E-state index contributed by atoms with van der Waals surface area (Å²) >= 11 is 0. The zero-order chi connectivity index (χ0) is 52.5. The van der Waals surface area contributed by atoms with Crippen molar-refractivity contribution < 1.29 is 19.2 Å². The number of carbonyl (C=O) groups excluding carboxylic acids is 4. The lowest BCUT2D eigenvalue weighted by atomic mass is 9.78. The average Bonchev–Trinajstić information content (AvgIpc) is 3.40. The lowest BCUT2D eigenvalue weighted by Gasteiger charge is -2.27. The number of fused-ring (bicyclic) bond motifs is 1. The van der Waals surface area contributed by atoms with Gasteiger partial charge in [0.2, 0.25) is 0 Å². The minimum absolute atomic E-state index is 0.0223. The molecule has 0 amide bonds. The van der Waals surface area contributed by atoms with Gasteiger partial charge in [-0.25, -0.2) is 4.98 Å². The molecule has 0 radical (unpaired) electrons. The second-order valence-electron chi connectivity index (χ2n) is 17.6. The summed E-state index contributed by atoms with van der Waals surface area (Å²) in [6, 6.07) is 74.9. The van der Waals surface area contributed by atoms with Crippen molar-refractivity contribution in [2.45, 2.75) is 58.4 Å². The van der Waals surface area contributed by atoms with Gasteiger partial charge in [-0.05, 0) is 89.2 Å². The summed E-state index contributed by atoms with van der Waals surface area (Å²) in [6.45, 7) is 16.6. The summed E-state index contributed by atoms with van der Waals surface area (Å²) < 4.78 is 1.84. The molecule has 0 atom stereocenters. The number of aryl methyl sites for hydroxylation is 1. The Morgan fingerprint density at radius 2 is 0.833 bits per heavy atom. The summed E-state index contributed by atoms with van der Waals surface area (Å²) in [5.74, 6) is 0.699. The fraction of sp³-hybridized carbons (Fsp3) is 0.143. The van der Waals surface area contributed by atoms with Crippen LogP contribution >= 0.6 is 0 Å². The number of benzene rings is 8. The molecule has 4 N–H and O–H groups in total. The van der Waals surface area contributed by atoms with E-state index < -0.39 is 0 Å². The smallest absolute Gasteiger partial charge is 0.373 e. The molecule has 0 aliphatic heterocycles. The highest BCUT2D eigenvalue weighted by Crippen LogP contribution is 2.34. The molecule has 0 bridgehead atoms. The number of rotatable bonds is 8. The van der Waals surface area contributed by atoms with Crippen LogP contribution in [-0.2, 0) is 30.0 Å². The van der Waals surface area contributed by atoms with Crippen molar-refractivity contribution in [3.05, 3.63) is 286 Å². The van der Waals surface area contributed by atoms with E-state index >= 15 is 0 Å². The Labute approximate surface area is 423 Å². The first-order valence-electron chi connectivity index (χ1n) is 23.2. The Hall–Kier alpha value is -9.00. The standard InChI is InChI=1S/C31H28N2O.C15H17N.C9H10.C6H7N.2CO2/c1-22-32-28-20-19-26(31(2,3)25-17-11-6-12-18-25)21-27(28)30(34)33(22)29(23-13-7-4-8-14-23)24-15-9-5-10-16-24;1-15(2,12-6-4-3-5-7-12)13-8-10-14(16)11-9-13;1-8(2)9-6-4-3-5-7-9;7-6-4-2-1-3-5-6;2*2-1-3/h4-21,29H,1-3H3;3-11H,16H2,1-2H3;3-7H,1H2,2H3;1-5H,7H2;;. The molecule has 364 valence electrons. The van der Waals surface area contributed by atoms with E-state index in [1.54, 1.807) is 0 Å². The van der Waals surface area contributed by atoms with Gasteiger partial charge in [0, 0.05) is 22.2 Å². The number of nitrogens with zero attached hydrogens (tertiary/aromatic N) is 2. The Bertz CT molecular complexity index is 3120. The molecule has 9 rings (SSSR count). The summed E-state index contributed by atoms with van der Waals surface area (Å²) in [4.78, 5) is 51.4. The van der Waals surface area contributed by atoms with Crippen LogP contribution in [0.1, 0.15) is 85.4 Å². The maximum atomic E-state index is 14.1. The normalized spacial score (nSPS) is 10.3. The number of nitrogens with two attached hydrogens (primary N) is 2. The number of allylic oxidation sites excluding steroid dienone is 1. The number of aromatic nitrogens is 2. The van der Waals surface area contributed by atoms with E-state index in [-0.39, 0.29) is 34.7 Å². The third-order valence-corrected chi connectivity index (χ3v) is 12.0. The molecule has 0 spiro atoms. The minimum Gasteiger partial charge on any atom is -0.399 e. The third-order valence-electron chi connectivity index (χ3n) is 12.0. The van der Waals surface area contributed by atoms with E-state index in [1.165, 1.54) is 22.3 Å². The van der Waals surface area contributed by atoms with Crippen molar-refractivity contribution >= 4 is 40.2 Å². The van der Waals surface area contributed by atoms with Crippen molar-refractivity contribution in [1.82, 2.24) is 9.55 Å². The maximum absolute atomic E-state index is 14.1. The highest BCUT2D eigenvalue weighted by molar-refractivity contribution is 5.79. The molecule has 0 aliphatic rings. The van der Waals surface area contributed by atoms with Gasteiger partial charge in [-0.3, -0.25) is 9.36 Å². The molecular weight excluding hydrogens is 893 g/mol. The topological polar surface area (TPSA) is 155 Å². The zero-order valence-corrected chi connectivity index (χ0v) is 41.7. The number of hydrogen-bond acceptors (Lipinski definition) is 8. The van der Waals surface area contributed by atoms with Crippen LogP contribution in [-0.4, -0.2) is 21.9 Å². The van der Waals surface area contributed by atoms with Gasteiger partial charge in [-0.15, -0.1) is 0 Å². The zero-order valence-electron chi connectivity index (χ0n) is 41.7. The predicted octanol–water partition coefficient (Wildman–Crippen LogP) is 13.1. The van der Waals surface area contributed by atoms with E-state index in [0.29, 0.717) is 11.2 Å². The van der Waals surface area contributed by atoms with E-state index in [4.69, 9.17) is 35.6 Å². The van der Waals surface area contributed by atoms with E-state index in [9.17, 15) is 4.79 Å². The van der Waals surface area contributed by atoms with Crippen molar-refractivity contribution in [2.24, 2.45) is 0 Å². The Morgan fingerprint density at radius 1 is 0.500 bits per heavy atom. The molecule has 0 aliphatic carbocycles. The molecule has 0 saturated carbocycles. The molecule has 0 unspecified atom stereocenters. The number of hydrogen-bond donors (Lipinski definition) is 2. The van der Waals surface area contributed by atoms with Gasteiger partial charge >= 0.3 is 12.3 Å². The van der Waals surface area contributed by atoms with Gasteiger partial charge in [-0.2, -0.15) is 19.2 Å². The van der Waals surface area contributed by atoms with Gasteiger partial charge in [0.05, 0.1) is 16.9 Å². The number of nitrogen functional groups attached to an aromatic ring is 2. The SMILES string of the molecule is C=C(C)c1ccccc1.CC(C)(c1ccccc1)c1ccc(N)cc1.Cc1nc2ccc(C(C)(C)c3ccccc3)cc2c(=O)n1C(c1ccccc1)c1ccccc1.Nc1ccccc1.O=C=O.O=C=O. The Kier molecular flexibility index (Phi) is 21.5. The lowest BCUT2D eigenvalue weighted by molar-refractivity contribution is -0.193. The number of anilines is 2. The van der Waals surface area contributed by atoms with Gasteiger partial charge in [0.15, 0.2) is 0 Å². The molecule has 0 saturated heterocycles. The first kappa shape index (κ1) is 55.6. The maximum Gasteiger partial charge on any atom is 0.373 e. The van der Waals surface area contributed by atoms with E-state index in [2.05, 4.69) is 137 Å². The molecule has 0 fully saturated rings. The Balaban J connectivity index is 0.000000242. The largest absolute Gasteiger partial charge is 0.399 e. The molecule has 72 heavy (non-hydrogen) atoms. The fourth-order valence-corrected chi connectivity index (χ4v) is 7.88.